The lowest BCUT2D eigenvalue weighted by molar-refractivity contribution is 0.0782. The maximum absolute atomic E-state index is 13.9. The number of unbranched alkanes of at least 4 members (excludes halogenated alkanes) is 1. The van der Waals surface area contributed by atoms with Crippen LogP contribution >= 0.6 is 0 Å². The van der Waals surface area contributed by atoms with E-state index in [-0.39, 0.29) is 17.7 Å². The molecule has 0 fully saturated rings. The summed E-state index contributed by atoms with van der Waals surface area (Å²) in [6, 6.07) is 4.43. The standard InChI is InChI=1S/C20H22FN7O2/c1-11-8-13(21)10-14-17(11)24-20(22)28-18(14)23-16(25-28)6-4-5-7-27(3)19(29)15-9-12(2)30-26-15/h8-10H,4-7H2,1-3H3,(H2,22,24). The van der Waals surface area contributed by atoms with Gasteiger partial charge in [-0.15, -0.1) is 5.10 Å². The van der Waals surface area contributed by atoms with Crippen LogP contribution in [-0.2, 0) is 6.42 Å². The minimum atomic E-state index is -0.354. The number of benzene rings is 1. The minimum absolute atomic E-state index is 0.180. The number of halogens is 1. The van der Waals surface area contributed by atoms with Gasteiger partial charge in [0.05, 0.1) is 5.52 Å². The van der Waals surface area contributed by atoms with E-state index in [0.717, 1.165) is 12.8 Å². The lowest BCUT2D eigenvalue weighted by Gasteiger charge is -2.14. The van der Waals surface area contributed by atoms with E-state index < -0.39 is 0 Å². The Kier molecular flexibility index (Phi) is 5.06. The lowest BCUT2D eigenvalue weighted by Crippen LogP contribution is -2.28. The Morgan fingerprint density at radius 2 is 2.03 bits per heavy atom. The molecule has 156 valence electrons. The van der Waals surface area contributed by atoms with Crippen molar-refractivity contribution < 1.29 is 13.7 Å². The number of aromatic nitrogens is 5. The van der Waals surface area contributed by atoms with Crippen LogP contribution in [0, 0.1) is 19.7 Å². The van der Waals surface area contributed by atoms with Crippen LogP contribution in [0.1, 0.15) is 40.5 Å². The molecular weight excluding hydrogens is 389 g/mol. The number of nitrogens with zero attached hydrogens (tertiary/aromatic N) is 6. The van der Waals surface area contributed by atoms with Crippen LogP contribution < -0.4 is 5.73 Å². The van der Waals surface area contributed by atoms with E-state index >= 15 is 0 Å². The van der Waals surface area contributed by atoms with Crippen LogP contribution in [0.4, 0.5) is 10.3 Å². The van der Waals surface area contributed by atoms with Gasteiger partial charge in [-0.25, -0.2) is 14.4 Å². The molecule has 0 bridgehead atoms. The SMILES string of the molecule is Cc1cc(C(=O)N(C)CCCCc2nc3c4cc(F)cc(C)c4nc(N)n3n2)no1. The highest BCUT2D eigenvalue weighted by Gasteiger charge is 2.16. The highest BCUT2D eigenvalue weighted by atomic mass is 19.1. The molecule has 1 aromatic carbocycles. The third kappa shape index (κ3) is 3.68. The number of nitrogens with two attached hydrogens (primary N) is 1. The molecule has 0 aliphatic heterocycles. The molecule has 4 aromatic rings. The first-order valence-corrected chi connectivity index (χ1v) is 9.63. The fourth-order valence-corrected chi connectivity index (χ4v) is 3.41. The number of anilines is 1. The van der Waals surface area contributed by atoms with Crippen molar-refractivity contribution in [3.8, 4) is 0 Å². The van der Waals surface area contributed by atoms with Crippen molar-refractivity contribution in [1.29, 1.82) is 0 Å². The second kappa shape index (κ2) is 7.69. The Bertz CT molecular complexity index is 1250. The van der Waals surface area contributed by atoms with E-state index in [1.54, 1.807) is 31.9 Å². The summed E-state index contributed by atoms with van der Waals surface area (Å²) in [5, 5.41) is 8.74. The molecule has 4 rings (SSSR count). The average Bonchev–Trinajstić information content (AvgIpc) is 3.32. The highest BCUT2D eigenvalue weighted by Crippen LogP contribution is 2.24. The summed E-state index contributed by atoms with van der Waals surface area (Å²) in [4.78, 5) is 22.8. The minimum Gasteiger partial charge on any atom is -0.368 e. The third-order valence-corrected chi connectivity index (χ3v) is 4.94. The van der Waals surface area contributed by atoms with Gasteiger partial charge in [0, 0.05) is 31.5 Å². The third-order valence-electron chi connectivity index (χ3n) is 4.94. The van der Waals surface area contributed by atoms with E-state index in [1.165, 1.54) is 16.6 Å². The summed E-state index contributed by atoms with van der Waals surface area (Å²) in [5.74, 6) is 0.868. The summed E-state index contributed by atoms with van der Waals surface area (Å²) in [6.45, 7) is 4.09. The van der Waals surface area contributed by atoms with Crippen LogP contribution in [0.2, 0.25) is 0 Å². The summed E-state index contributed by atoms with van der Waals surface area (Å²) < 4.78 is 20.3. The number of nitrogen functional groups attached to an aromatic ring is 1. The van der Waals surface area contributed by atoms with Crippen LogP contribution in [0.3, 0.4) is 0 Å². The normalized spacial score (nSPS) is 11.5. The van der Waals surface area contributed by atoms with E-state index in [4.69, 9.17) is 10.3 Å². The average molecular weight is 411 g/mol. The number of hydrogen-bond donors (Lipinski definition) is 1. The van der Waals surface area contributed by atoms with Gasteiger partial charge in [0.15, 0.2) is 17.2 Å². The zero-order valence-electron chi connectivity index (χ0n) is 17.0. The van der Waals surface area contributed by atoms with Crippen LogP contribution in [0.5, 0.6) is 0 Å². The van der Waals surface area contributed by atoms with Gasteiger partial charge in [0.1, 0.15) is 11.6 Å². The van der Waals surface area contributed by atoms with E-state index in [1.807, 2.05) is 0 Å². The Hall–Kier alpha value is -3.56. The molecule has 0 saturated carbocycles. The molecule has 0 aliphatic rings. The molecule has 9 nitrogen and oxygen atoms in total. The molecule has 3 heterocycles. The molecule has 0 atom stereocenters. The molecule has 0 saturated heterocycles. The van der Waals surface area contributed by atoms with Crippen molar-refractivity contribution in [2.24, 2.45) is 0 Å². The lowest BCUT2D eigenvalue weighted by atomic mass is 10.1. The fourth-order valence-electron chi connectivity index (χ4n) is 3.41. The number of carbonyl (C=O) groups excluding carboxylic acids is 1. The second-order valence-electron chi connectivity index (χ2n) is 7.36. The first-order chi connectivity index (χ1) is 14.3. The summed E-state index contributed by atoms with van der Waals surface area (Å²) >= 11 is 0. The highest BCUT2D eigenvalue weighted by molar-refractivity contribution is 5.94. The molecule has 0 aliphatic carbocycles. The largest absolute Gasteiger partial charge is 0.368 e. The summed E-state index contributed by atoms with van der Waals surface area (Å²) in [7, 11) is 1.73. The predicted octanol–water partition coefficient (Wildman–Crippen LogP) is 2.70. The zero-order chi connectivity index (χ0) is 21.4. The molecule has 0 spiro atoms. The van der Waals surface area contributed by atoms with Gasteiger partial charge in [-0.1, -0.05) is 5.16 Å². The van der Waals surface area contributed by atoms with Crippen molar-refractivity contribution in [3.63, 3.8) is 0 Å². The predicted molar refractivity (Wildman–Crippen MR) is 109 cm³/mol. The molecule has 10 heteroatoms. The molecule has 0 radical (unpaired) electrons. The Morgan fingerprint density at radius 3 is 2.77 bits per heavy atom. The Balaban J connectivity index is 1.44. The quantitative estimate of drug-likeness (QED) is 0.485. The van der Waals surface area contributed by atoms with E-state index in [9.17, 15) is 9.18 Å². The van der Waals surface area contributed by atoms with Gasteiger partial charge in [0.2, 0.25) is 5.95 Å². The maximum atomic E-state index is 13.9. The summed E-state index contributed by atoms with van der Waals surface area (Å²) in [5.41, 5.74) is 8.12. The topological polar surface area (TPSA) is 115 Å². The van der Waals surface area contributed by atoms with Gasteiger partial charge in [0.25, 0.3) is 5.91 Å². The molecule has 2 N–H and O–H groups in total. The fraction of sp³-hybridized carbons (Fsp3) is 0.350. The zero-order valence-corrected chi connectivity index (χ0v) is 17.0. The number of fused-ring (bicyclic) bond motifs is 3. The van der Waals surface area contributed by atoms with Crippen molar-refractivity contribution >= 4 is 28.4 Å². The number of aryl methyl sites for hydroxylation is 3. The molecule has 0 unspecified atom stereocenters. The van der Waals surface area contributed by atoms with E-state index in [0.29, 0.717) is 52.4 Å². The Morgan fingerprint density at radius 1 is 1.23 bits per heavy atom. The number of carbonyl (C=O) groups is 1. The van der Waals surface area contributed by atoms with Gasteiger partial charge in [-0.3, -0.25) is 4.79 Å². The van der Waals surface area contributed by atoms with E-state index in [2.05, 4.69) is 20.2 Å². The first kappa shape index (κ1) is 19.7. The Labute approximate surface area is 171 Å². The van der Waals surface area contributed by atoms with Crippen molar-refractivity contribution in [1.82, 2.24) is 29.6 Å². The monoisotopic (exact) mass is 411 g/mol. The van der Waals surface area contributed by atoms with Gasteiger partial charge < -0.3 is 15.2 Å². The van der Waals surface area contributed by atoms with Crippen molar-refractivity contribution in [2.45, 2.75) is 33.1 Å². The number of hydrogen-bond acceptors (Lipinski definition) is 7. The summed E-state index contributed by atoms with van der Waals surface area (Å²) in [6.07, 6.45) is 2.13. The van der Waals surface area contributed by atoms with Crippen LogP contribution in [0.15, 0.2) is 22.7 Å². The molecule has 30 heavy (non-hydrogen) atoms. The first-order valence-electron chi connectivity index (χ1n) is 9.63. The van der Waals surface area contributed by atoms with Crippen molar-refractivity contribution in [3.05, 3.63) is 46.9 Å². The van der Waals surface area contributed by atoms with Crippen LogP contribution in [0.25, 0.3) is 16.6 Å². The van der Waals surface area contributed by atoms with Crippen molar-refractivity contribution in [2.75, 3.05) is 19.3 Å². The maximum Gasteiger partial charge on any atom is 0.275 e. The number of rotatable bonds is 6. The molecule has 3 aromatic heterocycles. The van der Waals surface area contributed by atoms with Gasteiger partial charge in [-0.05, 0) is 44.4 Å². The smallest absolute Gasteiger partial charge is 0.275 e. The van der Waals surface area contributed by atoms with Crippen LogP contribution in [-0.4, -0.2) is 49.1 Å². The second-order valence-corrected chi connectivity index (χ2v) is 7.36. The van der Waals surface area contributed by atoms with Gasteiger partial charge >= 0.3 is 0 Å². The molecular formula is C20H22FN7O2. The molecule has 1 amide bonds. The van der Waals surface area contributed by atoms with Gasteiger partial charge in [-0.2, -0.15) is 4.52 Å². The number of amides is 1.